The van der Waals surface area contributed by atoms with E-state index in [2.05, 4.69) is 0 Å². The number of ketones is 1. The summed E-state index contributed by atoms with van der Waals surface area (Å²) in [7, 11) is 0. The summed E-state index contributed by atoms with van der Waals surface area (Å²) in [6, 6.07) is 10.6. The fourth-order valence-electron chi connectivity index (χ4n) is 3.36. The lowest BCUT2D eigenvalue weighted by molar-refractivity contribution is -0.384. The van der Waals surface area contributed by atoms with Crippen molar-refractivity contribution in [3.63, 3.8) is 0 Å². The van der Waals surface area contributed by atoms with Gasteiger partial charge in [0.1, 0.15) is 5.76 Å². The van der Waals surface area contributed by atoms with Gasteiger partial charge in [0.05, 0.1) is 36.4 Å². The monoisotopic (exact) mass is 446 g/mol. The minimum absolute atomic E-state index is 0.0253. The Morgan fingerprint density at radius 1 is 1.13 bits per heavy atom. The number of aliphatic hydroxyl groups is 2. The van der Waals surface area contributed by atoms with Crippen molar-refractivity contribution in [3.05, 3.63) is 80.4 Å². The van der Waals surface area contributed by atoms with Crippen molar-refractivity contribution in [1.82, 2.24) is 4.90 Å². The largest absolute Gasteiger partial charge is 0.507 e. The number of likely N-dealkylation sites (tertiary alicyclic amines) is 1. The maximum Gasteiger partial charge on any atom is 0.295 e. The van der Waals surface area contributed by atoms with Crippen LogP contribution in [0.2, 0.25) is 5.02 Å². The molecular weight excluding hydrogens is 428 g/mol. The van der Waals surface area contributed by atoms with Crippen molar-refractivity contribution in [2.24, 2.45) is 0 Å². The Kier molecular flexibility index (Phi) is 7.01. The first-order valence-electron chi connectivity index (χ1n) is 9.33. The van der Waals surface area contributed by atoms with E-state index in [1.807, 2.05) is 0 Å². The number of nitro benzene ring substituents is 1. The molecule has 1 saturated heterocycles. The molecule has 31 heavy (non-hydrogen) atoms. The predicted molar refractivity (Wildman–Crippen MR) is 111 cm³/mol. The quantitative estimate of drug-likeness (QED) is 0.159. The fourth-order valence-corrected chi connectivity index (χ4v) is 3.60. The molecule has 1 aliphatic rings. The molecule has 1 unspecified atom stereocenters. The summed E-state index contributed by atoms with van der Waals surface area (Å²) in [5, 5.41) is 30.9. The molecule has 2 aromatic rings. The Bertz CT molecular complexity index is 1040. The zero-order chi connectivity index (χ0) is 22.5. The van der Waals surface area contributed by atoms with Gasteiger partial charge in [-0.25, -0.2) is 0 Å². The smallest absolute Gasteiger partial charge is 0.295 e. The molecule has 3 rings (SSSR count). The molecule has 1 atom stereocenters. The number of hydrogen-bond donors (Lipinski definition) is 2. The second-order valence-corrected chi connectivity index (χ2v) is 7.06. The zero-order valence-corrected chi connectivity index (χ0v) is 17.0. The lowest BCUT2D eigenvalue weighted by Crippen LogP contribution is -2.33. The molecule has 1 fully saturated rings. The van der Waals surface area contributed by atoms with Crippen LogP contribution in [0.5, 0.6) is 0 Å². The topological polar surface area (TPSA) is 130 Å². The van der Waals surface area contributed by atoms with Gasteiger partial charge in [-0.15, -0.1) is 0 Å². The van der Waals surface area contributed by atoms with Gasteiger partial charge in [-0.05, 0) is 23.8 Å². The van der Waals surface area contributed by atoms with Crippen molar-refractivity contribution in [2.45, 2.75) is 6.04 Å². The van der Waals surface area contributed by atoms with Crippen molar-refractivity contribution in [3.8, 4) is 0 Å². The van der Waals surface area contributed by atoms with Crippen molar-refractivity contribution in [2.75, 3.05) is 26.4 Å². The molecule has 162 valence electrons. The summed E-state index contributed by atoms with van der Waals surface area (Å²) in [5.41, 5.74) is 0.237. The van der Waals surface area contributed by atoms with E-state index in [4.69, 9.17) is 21.4 Å². The van der Waals surface area contributed by atoms with E-state index in [9.17, 15) is 24.8 Å². The maximum atomic E-state index is 12.8. The Morgan fingerprint density at radius 2 is 1.81 bits per heavy atom. The molecule has 10 heteroatoms. The van der Waals surface area contributed by atoms with Crippen LogP contribution in [0.1, 0.15) is 17.2 Å². The number of nitrogens with zero attached hydrogens (tertiary/aromatic N) is 2. The van der Waals surface area contributed by atoms with E-state index in [0.717, 1.165) is 0 Å². The molecule has 0 radical (unpaired) electrons. The maximum absolute atomic E-state index is 12.8. The van der Waals surface area contributed by atoms with Crippen LogP contribution in [0.25, 0.3) is 5.76 Å². The highest BCUT2D eigenvalue weighted by Crippen LogP contribution is 2.41. The van der Waals surface area contributed by atoms with Crippen LogP contribution in [0.15, 0.2) is 54.1 Å². The molecule has 1 amide bonds. The van der Waals surface area contributed by atoms with Crippen molar-refractivity contribution < 1.29 is 29.5 Å². The second-order valence-electron chi connectivity index (χ2n) is 6.65. The number of hydrogen-bond acceptors (Lipinski definition) is 7. The Hall–Kier alpha value is -3.27. The highest BCUT2D eigenvalue weighted by atomic mass is 35.5. The molecule has 9 nitrogen and oxygen atoms in total. The minimum atomic E-state index is -0.971. The molecule has 0 spiro atoms. The fraction of sp³-hybridized carbons (Fsp3) is 0.238. The van der Waals surface area contributed by atoms with Crippen LogP contribution in [-0.4, -0.2) is 58.1 Å². The highest BCUT2D eigenvalue weighted by molar-refractivity contribution is 6.47. The average molecular weight is 447 g/mol. The number of Topliss-reactive ketones (excluding diaryl/α,β-unsaturated/α-hetero) is 1. The summed E-state index contributed by atoms with van der Waals surface area (Å²) in [6.45, 7) is -0.0278. The van der Waals surface area contributed by atoms with Crippen LogP contribution >= 0.6 is 11.6 Å². The summed E-state index contributed by atoms with van der Waals surface area (Å²) >= 11 is 6.33. The number of benzene rings is 2. The van der Waals surface area contributed by atoms with Crippen LogP contribution in [0.4, 0.5) is 5.69 Å². The van der Waals surface area contributed by atoms with Crippen molar-refractivity contribution in [1.29, 1.82) is 0 Å². The van der Waals surface area contributed by atoms with E-state index in [1.54, 1.807) is 24.3 Å². The van der Waals surface area contributed by atoms with Gasteiger partial charge in [0.25, 0.3) is 17.4 Å². The molecule has 0 bridgehead atoms. The summed E-state index contributed by atoms with van der Waals surface area (Å²) < 4.78 is 5.23. The first kappa shape index (κ1) is 22.4. The molecule has 0 aliphatic carbocycles. The number of nitro groups is 1. The lowest BCUT2D eigenvalue weighted by Gasteiger charge is -2.26. The van der Waals surface area contributed by atoms with Gasteiger partial charge < -0.3 is 19.8 Å². The van der Waals surface area contributed by atoms with Gasteiger partial charge in [0.2, 0.25) is 0 Å². The average Bonchev–Trinajstić information content (AvgIpc) is 3.01. The van der Waals surface area contributed by atoms with Gasteiger partial charge in [-0.3, -0.25) is 19.7 Å². The third kappa shape index (κ3) is 4.58. The Balaban J connectivity index is 2.08. The molecule has 2 aromatic carbocycles. The number of non-ortho nitro benzene ring substituents is 1. The molecule has 2 N–H and O–H groups in total. The van der Waals surface area contributed by atoms with Crippen LogP contribution in [-0.2, 0) is 14.3 Å². The van der Waals surface area contributed by atoms with E-state index in [0.29, 0.717) is 10.6 Å². The third-order valence-corrected chi connectivity index (χ3v) is 5.15. The number of amides is 1. The number of carbonyl (C=O) groups excluding carboxylic acids is 2. The van der Waals surface area contributed by atoms with E-state index in [-0.39, 0.29) is 43.2 Å². The van der Waals surface area contributed by atoms with E-state index >= 15 is 0 Å². The van der Waals surface area contributed by atoms with Gasteiger partial charge in [-0.2, -0.15) is 0 Å². The van der Waals surface area contributed by atoms with E-state index in [1.165, 1.54) is 29.2 Å². The van der Waals surface area contributed by atoms with Crippen LogP contribution < -0.4 is 0 Å². The number of ether oxygens (including phenoxy) is 1. The minimum Gasteiger partial charge on any atom is -0.507 e. The first-order valence-corrected chi connectivity index (χ1v) is 9.71. The molecule has 1 aliphatic heterocycles. The third-order valence-electron chi connectivity index (χ3n) is 4.80. The second kappa shape index (κ2) is 9.69. The van der Waals surface area contributed by atoms with Gasteiger partial charge in [-0.1, -0.05) is 29.8 Å². The standard InChI is InChI=1S/C21H19ClN2O7/c22-16-4-2-1-3-15(16)18-17(19(26)13-5-7-14(8-6-13)24(29)30)20(27)21(28)23(18)9-11-31-12-10-25/h1-8,18,25-26H,9-12H2/b19-17-. The normalized spacial score (nSPS) is 17.9. The Labute approximate surface area is 182 Å². The van der Waals surface area contributed by atoms with Crippen LogP contribution in [0.3, 0.4) is 0 Å². The molecule has 0 saturated carbocycles. The Morgan fingerprint density at radius 3 is 2.42 bits per heavy atom. The number of halogens is 1. The lowest BCUT2D eigenvalue weighted by atomic mass is 9.95. The summed E-state index contributed by atoms with van der Waals surface area (Å²) in [5.74, 6) is -2.19. The molecular formula is C21H19ClN2O7. The molecule has 1 heterocycles. The zero-order valence-electron chi connectivity index (χ0n) is 16.2. The number of rotatable bonds is 8. The highest BCUT2D eigenvalue weighted by Gasteiger charge is 2.46. The summed E-state index contributed by atoms with van der Waals surface area (Å²) in [4.78, 5) is 37.1. The predicted octanol–water partition coefficient (Wildman–Crippen LogP) is 2.68. The van der Waals surface area contributed by atoms with Crippen LogP contribution in [0, 0.1) is 10.1 Å². The molecule has 0 aromatic heterocycles. The summed E-state index contributed by atoms with van der Waals surface area (Å²) in [6.07, 6.45) is 0. The van der Waals surface area contributed by atoms with E-state index < -0.39 is 28.4 Å². The van der Waals surface area contributed by atoms with Gasteiger partial charge in [0, 0.05) is 29.3 Å². The first-order chi connectivity index (χ1) is 14.9. The SMILES string of the molecule is O=C1C(=O)N(CCOCCO)C(c2ccccc2Cl)/C1=C(/O)c1ccc([N+](=O)[O-])cc1. The van der Waals surface area contributed by atoms with Gasteiger partial charge in [0.15, 0.2) is 0 Å². The van der Waals surface area contributed by atoms with Gasteiger partial charge >= 0.3 is 0 Å². The number of aliphatic hydroxyl groups excluding tert-OH is 2. The van der Waals surface area contributed by atoms with Crippen molar-refractivity contribution >= 4 is 34.7 Å². The number of carbonyl (C=O) groups is 2.